The number of carbonyl (C=O) groups is 1. The van der Waals surface area contributed by atoms with Crippen molar-refractivity contribution in [2.75, 3.05) is 18.0 Å². The van der Waals surface area contributed by atoms with Gasteiger partial charge in [-0.05, 0) is 35.6 Å². The van der Waals surface area contributed by atoms with E-state index < -0.39 is 12.1 Å². The highest BCUT2D eigenvalue weighted by Crippen LogP contribution is 2.29. The van der Waals surface area contributed by atoms with Crippen molar-refractivity contribution in [1.82, 2.24) is 0 Å². The molecule has 0 radical (unpaired) electrons. The molecule has 0 saturated carbocycles. The zero-order valence-corrected chi connectivity index (χ0v) is 12.6. The van der Waals surface area contributed by atoms with E-state index in [1.807, 2.05) is 31.2 Å². The fourth-order valence-corrected chi connectivity index (χ4v) is 3.11. The number of para-hydroxylation sites is 1. The number of dihydropyridines is 1. The number of rotatable bonds is 3. The Kier molecular flexibility index (Phi) is 4.09. The first-order valence-electron chi connectivity index (χ1n) is 7.62. The van der Waals surface area contributed by atoms with Crippen molar-refractivity contribution < 1.29 is 9.90 Å². The second-order valence-corrected chi connectivity index (χ2v) is 5.92. The Labute approximate surface area is 130 Å². The number of nitrogens with zero attached hydrogens (tertiary/aromatic N) is 2. The average Bonchev–Trinajstić information content (AvgIpc) is 2.97. The maximum atomic E-state index is 12.7. The SMILES string of the molecule is CC1CN=CC=C1[C@H](O)[C@@H](N)C(=O)N1CCc2ccccc21. The largest absolute Gasteiger partial charge is 0.387 e. The van der Waals surface area contributed by atoms with Gasteiger partial charge >= 0.3 is 0 Å². The lowest BCUT2D eigenvalue weighted by Gasteiger charge is -2.28. The summed E-state index contributed by atoms with van der Waals surface area (Å²) >= 11 is 0. The highest BCUT2D eigenvalue weighted by molar-refractivity contribution is 5.99. The molecule has 2 aliphatic heterocycles. The minimum atomic E-state index is -0.970. The number of hydrogen-bond acceptors (Lipinski definition) is 4. The Morgan fingerprint density at radius 3 is 3.00 bits per heavy atom. The van der Waals surface area contributed by atoms with Crippen LogP contribution in [0.25, 0.3) is 0 Å². The normalized spacial score (nSPS) is 23.0. The van der Waals surface area contributed by atoms with Crippen LogP contribution in [0, 0.1) is 5.92 Å². The minimum absolute atomic E-state index is 0.102. The summed E-state index contributed by atoms with van der Waals surface area (Å²) in [6.45, 7) is 3.22. The van der Waals surface area contributed by atoms with Gasteiger partial charge in [0, 0.05) is 25.0 Å². The van der Waals surface area contributed by atoms with Gasteiger partial charge in [0.25, 0.3) is 0 Å². The lowest BCUT2D eigenvalue weighted by atomic mass is 9.90. The number of aliphatic hydroxyl groups excluding tert-OH is 1. The van der Waals surface area contributed by atoms with Crippen molar-refractivity contribution >= 4 is 17.8 Å². The molecule has 0 aromatic heterocycles. The topological polar surface area (TPSA) is 78.9 Å². The molecule has 1 unspecified atom stereocenters. The number of allylic oxidation sites excluding steroid dienone is 1. The Bertz CT molecular complexity index is 639. The van der Waals surface area contributed by atoms with Crippen LogP contribution < -0.4 is 10.6 Å². The van der Waals surface area contributed by atoms with Crippen LogP contribution in [0.15, 0.2) is 40.9 Å². The number of hydrogen-bond donors (Lipinski definition) is 2. The van der Waals surface area contributed by atoms with Gasteiger partial charge in [-0.3, -0.25) is 9.79 Å². The third kappa shape index (κ3) is 2.58. The summed E-state index contributed by atoms with van der Waals surface area (Å²) in [5, 5.41) is 10.5. The molecule has 0 saturated heterocycles. The number of benzene rings is 1. The maximum Gasteiger partial charge on any atom is 0.246 e. The molecule has 22 heavy (non-hydrogen) atoms. The van der Waals surface area contributed by atoms with Crippen LogP contribution in [0.3, 0.4) is 0 Å². The van der Waals surface area contributed by atoms with Crippen molar-refractivity contribution in [2.45, 2.75) is 25.5 Å². The second-order valence-electron chi connectivity index (χ2n) is 5.92. The number of anilines is 1. The lowest BCUT2D eigenvalue weighted by Crippen LogP contribution is -2.51. The Hall–Kier alpha value is -1.98. The van der Waals surface area contributed by atoms with Crippen LogP contribution in [0.4, 0.5) is 5.69 Å². The summed E-state index contributed by atoms with van der Waals surface area (Å²) in [5.41, 5.74) is 8.90. The number of fused-ring (bicyclic) bond motifs is 1. The van der Waals surface area contributed by atoms with Crippen LogP contribution in [0.1, 0.15) is 12.5 Å². The van der Waals surface area contributed by atoms with E-state index in [4.69, 9.17) is 5.73 Å². The molecule has 1 aromatic carbocycles. The molecule has 2 heterocycles. The van der Waals surface area contributed by atoms with E-state index in [0.29, 0.717) is 13.1 Å². The third-order valence-electron chi connectivity index (χ3n) is 4.44. The Morgan fingerprint density at radius 1 is 1.45 bits per heavy atom. The molecule has 5 heteroatoms. The van der Waals surface area contributed by atoms with Gasteiger partial charge in [-0.1, -0.05) is 25.1 Å². The van der Waals surface area contributed by atoms with Gasteiger partial charge in [0.05, 0.1) is 6.10 Å². The summed E-state index contributed by atoms with van der Waals surface area (Å²) in [7, 11) is 0. The van der Waals surface area contributed by atoms with Crippen molar-refractivity contribution in [2.24, 2.45) is 16.6 Å². The first-order valence-corrected chi connectivity index (χ1v) is 7.62. The van der Waals surface area contributed by atoms with E-state index in [-0.39, 0.29) is 11.8 Å². The van der Waals surface area contributed by atoms with Gasteiger partial charge in [-0.25, -0.2) is 0 Å². The molecule has 3 N–H and O–H groups in total. The molecular weight excluding hydrogens is 278 g/mol. The first kappa shape index (κ1) is 14.9. The summed E-state index contributed by atoms with van der Waals surface area (Å²) in [6.07, 6.45) is 3.29. The molecule has 2 aliphatic rings. The van der Waals surface area contributed by atoms with E-state index in [2.05, 4.69) is 4.99 Å². The fraction of sp³-hybridized carbons (Fsp3) is 0.412. The van der Waals surface area contributed by atoms with Crippen molar-refractivity contribution in [1.29, 1.82) is 0 Å². The van der Waals surface area contributed by atoms with Crippen LogP contribution in [0.5, 0.6) is 0 Å². The summed E-state index contributed by atoms with van der Waals surface area (Å²) in [4.78, 5) is 18.5. The molecule has 1 amide bonds. The molecule has 1 aromatic rings. The second kappa shape index (κ2) is 6.02. The Morgan fingerprint density at radius 2 is 2.23 bits per heavy atom. The molecule has 0 bridgehead atoms. The van der Waals surface area contributed by atoms with Gasteiger partial charge < -0.3 is 15.7 Å². The summed E-state index contributed by atoms with van der Waals surface area (Å²) in [5.74, 6) is -0.127. The maximum absolute atomic E-state index is 12.7. The molecular formula is C17H21N3O2. The Balaban J connectivity index is 1.78. The van der Waals surface area contributed by atoms with Crippen molar-refractivity contribution in [3.8, 4) is 0 Å². The van der Waals surface area contributed by atoms with Crippen LogP contribution in [-0.4, -0.2) is 42.5 Å². The quantitative estimate of drug-likeness (QED) is 0.871. The van der Waals surface area contributed by atoms with Gasteiger partial charge in [0.15, 0.2) is 0 Å². The summed E-state index contributed by atoms with van der Waals surface area (Å²) < 4.78 is 0. The standard InChI is InChI=1S/C17H21N3O2/c1-11-10-19-8-6-13(11)16(21)15(18)17(22)20-9-7-12-4-2-3-5-14(12)20/h2-6,8,11,15-16,21H,7,9-10,18H2,1H3/t11?,15-,16+/m1/s1. The van der Waals surface area contributed by atoms with Crippen LogP contribution in [-0.2, 0) is 11.2 Å². The number of aliphatic imine (C=N–C) groups is 1. The molecule has 5 nitrogen and oxygen atoms in total. The molecule has 0 fully saturated rings. The zero-order chi connectivity index (χ0) is 15.7. The summed E-state index contributed by atoms with van der Waals surface area (Å²) in [6, 6.07) is 6.87. The predicted octanol–water partition coefficient (Wildman–Crippen LogP) is 0.911. The van der Waals surface area contributed by atoms with E-state index >= 15 is 0 Å². The van der Waals surface area contributed by atoms with Crippen LogP contribution >= 0.6 is 0 Å². The fourth-order valence-electron chi connectivity index (χ4n) is 3.11. The van der Waals surface area contributed by atoms with Gasteiger partial charge in [-0.2, -0.15) is 0 Å². The molecule has 116 valence electrons. The molecule has 0 aliphatic carbocycles. The van der Waals surface area contributed by atoms with Crippen molar-refractivity contribution in [3.05, 3.63) is 41.5 Å². The molecule has 0 spiro atoms. The highest BCUT2D eigenvalue weighted by Gasteiger charge is 2.34. The lowest BCUT2D eigenvalue weighted by molar-refractivity contribution is -0.121. The van der Waals surface area contributed by atoms with Crippen molar-refractivity contribution in [3.63, 3.8) is 0 Å². The van der Waals surface area contributed by atoms with Gasteiger partial charge in [0.2, 0.25) is 5.91 Å². The van der Waals surface area contributed by atoms with Crippen LogP contribution in [0.2, 0.25) is 0 Å². The predicted molar refractivity (Wildman–Crippen MR) is 87.1 cm³/mol. The van der Waals surface area contributed by atoms with E-state index in [1.165, 1.54) is 0 Å². The molecule has 3 atom stereocenters. The highest BCUT2D eigenvalue weighted by atomic mass is 16.3. The number of nitrogens with two attached hydrogens (primary N) is 1. The number of amides is 1. The first-order chi connectivity index (χ1) is 10.6. The van der Waals surface area contributed by atoms with Gasteiger partial charge in [-0.15, -0.1) is 0 Å². The smallest absolute Gasteiger partial charge is 0.246 e. The number of aliphatic hydroxyl groups is 1. The average molecular weight is 299 g/mol. The number of carbonyl (C=O) groups excluding carboxylic acids is 1. The molecule has 3 rings (SSSR count). The van der Waals surface area contributed by atoms with E-state index in [1.54, 1.807) is 17.2 Å². The van der Waals surface area contributed by atoms with Gasteiger partial charge in [0.1, 0.15) is 6.04 Å². The van der Waals surface area contributed by atoms with E-state index in [0.717, 1.165) is 23.2 Å². The zero-order valence-electron chi connectivity index (χ0n) is 12.6. The third-order valence-corrected chi connectivity index (χ3v) is 4.44. The monoisotopic (exact) mass is 299 g/mol. The van der Waals surface area contributed by atoms with E-state index in [9.17, 15) is 9.90 Å². The minimum Gasteiger partial charge on any atom is -0.387 e.